The molecule has 0 N–H and O–H groups in total. The van der Waals surface area contributed by atoms with E-state index in [0.717, 1.165) is 7.11 Å². The van der Waals surface area contributed by atoms with E-state index in [1.807, 2.05) is 0 Å². The van der Waals surface area contributed by atoms with E-state index >= 15 is 0 Å². The van der Waals surface area contributed by atoms with Crippen molar-refractivity contribution in [2.45, 2.75) is 12.6 Å². The van der Waals surface area contributed by atoms with E-state index in [9.17, 15) is 26.3 Å². The fourth-order valence-corrected chi connectivity index (χ4v) is 1.03. The maximum atomic E-state index is 12.9. The average Bonchev–Trinajstić information content (AvgIpc) is 2.14. The molecule has 0 aliphatic heterocycles. The lowest BCUT2D eigenvalue weighted by atomic mass is 10.2. The number of nitrogens with zero attached hydrogens (tertiary/aromatic N) is 1. The molecule has 0 unspecified atom stereocenters. The van der Waals surface area contributed by atoms with Crippen molar-refractivity contribution in [1.29, 1.82) is 0 Å². The summed E-state index contributed by atoms with van der Waals surface area (Å²) in [6, 6.07) is 0.0621. The molecule has 0 saturated carbocycles. The normalized spacial score (nSPS) is 12.0. The van der Waals surface area contributed by atoms with Crippen molar-refractivity contribution >= 4 is 0 Å². The molecule has 0 aliphatic rings. The molecule has 0 aromatic carbocycles. The summed E-state index contributed by atoms with van der Waals surface area (Å²) >= 11 is 0. The van der Waals surface area contributed by atoms with Crippen LogP contribution >= 0.6 is 0 Å². The molecular weight excluding hydrogens is 240 g/mol. The highest BCUT2D eigenvalue weighted by molar-refractivity contribution is 5.35. The monoisotopic (exact) mass is 245 g/mol. The summed E-state index contributed by atoms with van der Waals surface area (Å²) in [6.07, 6.45) is -8.27. The van der Waals surface area contributed by atoms with E-state index in [4.69, 9.17) is 0 Å². The second kappa shape index (κ2) is 4.18. The lowest BCUT2D eigenvalue weighted by Gasteiger charge is -2.12. The van der Waals surface area contributed by atoms with Crippen LogP contribution in [-0.2, 0) is 6.18 Å². The van der Waals surface area contributed by atoms with Crippen molar-refractivity contribution in [3.8, 4) is 5.75 Å². The summed E-state index contributed by atoms with van der Waals surface area (Å²) in [6.45, 7) is 0. The summed E-state index contributed by atoms with van der Waals surface area (Å²) in [5.74, 6) is -2.70. The van der Waals surface area contributed by atoms with Crippen LogP contribution in [0.3, 0.4) is 0 Å². The molecule has 1 aromatic heterocycles. The first kappa shape index (κ1) is 12.6. The summed E-state index contributed by atoms with van der Waals surface area (Å²) in [5.41, 5.74) is -2.90. The van der Waals surface area contributed by atoms with Gasteiger partial charge in [0.25, 0.3) is 12.4 Å². The number of hydrogen-bond donors (Lipinski definition) is 0. The molecule has 1 aromatic rings. The zero-order chi connectivity index (χ0) is 12.5. The largest absolute Gasteiger partial charge is 0.492 e. The Kier molecular flexibility index (Phi) is 3.30. The van der Waals surface area contributed by atoms with Crippen LogP contribution in [0.1, 0.15) is 17.7 Å². The zero-order valence-electron chi connectivity index (χ0n) is 7.78. The van der Waals surface area contributed by atoms with Crippen LogP contribution in [0.5, 0.6) is 5.75 Å². The van der Waals surface area contributed by atoms with Crippen molar-refractivity contribution in [2.24, 2.45) is 0 Å². The van der Waals surface area contributed by atoms with Crippen molar-refractivity contribution in [1.82, 2.24) is 4.98 Å². The maximum Gasteiger partial charge on any atom is 0.433 e. The number of halogens is 6. The lowest BCUT2D eigenvalue weighted by Crippen LogP contribution is -2.11. The molecule has 0 aliphatic carbocycles. The fourth-order valence-electron chi connectivity index (χ4n) is 1.03. The Morgan fingerprint density at radius 3 is 2.25 bits per heavy atom. The Labute approximate surface area is 85.9 Å². The van der Waals surface area contributed by atoms with E-state index in [2.05, 4.69) is 9.72 Å². The first-order valence-electron chi connectivity index (χ1n) is 3.87. The summed E-state index contributed by atoms with van der Waals surface area (Å²) < 4.78 is 78.2. The Bertz CT molecular complexity index is 389. The van der Waals surface area contributed by atoms with Gasteiger partial charge in [-0.05, 0) is 6.07 Å². The summed E-state index contributed by atoms with van der Waals surface area (Å²) in [7, 11) is 0.860. The van der Waals surface area contributed by atoms with E-state index in [1.54, 1.807) is 0 Å². The first-order chi connectivity index (χ1) is 7.27. The van der Waals surface area contributed by atoms with Crippen molar-refractivity contribution < 1.29 is 31.1 Å². The van der Waals surface area contributed by atoms with Crippen molar-refractivity contribution in [3.05, 3.63) is 23.3 Å². The summed E-state index contributed by atoms with van der Waals surface area (Å²) in [4.78, 5) is 2.51. The highest BCUT2D eigenvalue weighted by Gasteiger charge is 2.35. The molecule has 0 saturated heterocycles. The quantitative estimate of drug-likeness (QED) is 0.589. The van der Waals surface area contributed by atoms with Crippen molar-refractivity contribution in [2.75, 3.05) is 7.11 Å². The Morgan fingerprint density at radius 1 is 1.31 bits per heavy atom. The van der Waals surface area contributed by atoms with Gasteiger partial charge in [-0.1, -0.05) is 0 Å². The number of ether oxygens (including phenoxy) is 1. The zero-order valence-corrected chi connectivity index (χ0v) is 7.78. The molecule has 16 heavy (non-hydrogen) atoms. The van der Waals surface area contributed by atoms with Gasteiger partial charge in [0.05, 0.1) is 12.7 Å². The minimum atomic E-state index is -4.99. The SMILES string of the molecule is COc1c(C(F)F)cc(C(F)(F)F)nc1F. The van der Waals surface area contributed by atoms with E-state index in [1.165, 1.54) is 0 Å². The number of rotatable bonds is 2. The smallest absolute Gasteiger partial charge is 0.433 e. The van der Waals surface area contributed by atoms with Crippen LogP contribution in [0.15, 0.2) is 6.07 Å². The third-order valence-electron chi connectivity index (χ3n) is 1.69. The first-order valence-corrected chi connectivity index (χ1v) is 3.87. The molecule has 2 nitrogen and oxygen atoms in total. The van der Waals surface area contributed by atoms with Gasteiger partial charge in [0.2, 0.25) is 0 Å². The van der Waals surface area contributed by atoms with E-state index < -0.39 is 35.6 Å². The van der Waals surface area contributed by atoms with E-state index in [0.29, 0.717) is 0 Å². The third-order valence-corrected chi connectivity index (χ3v) is 1.69. The molecule has 0 fully saturated rings. The highest BCUT2D eigenvalue weighted by atomic mass is 19.4. The number of pyridine rings is 1. The predicted octanol–water partition coefficient (Wildman–Crippen LogP) is 3.19. The van der Waals surface area contributed by atoms with Gasteiger partial charge in [-0.15, -0.1) is 0 Å². The molecular formula is C8H5F6NO. The van der Waals surface area contributed by atoms with Gasteiger partial charge >= 0.3 is 6.18 Å². The van der Waals surface area contributed by atoms with Gasteiger partial charge in [0.1, 0.15) is 5.69 Å². The van der Waals surface area contributed by atoms with E-state index in [-0.39, 0.29) is 6.07 Å². The second-order valence-electron chi connectivity index (χ2n) is 2.72. The number of hydrogen-bond acceptors (Lipinski definition) is 2. The van der Waals surface area contributed by atoms with Crippen LogP contribution in [-0.4, -0.2) is 12.1 Å². The van der Waals surface area contributed by atoms with Gasteiger partial charge in [0.15, 0.2) is 5.75 Å². The molecule has 1 heterocycles. The molecule has 0 bridgehead atoms. The molecule has 0 radical (unpaired) electrons. The van der Waals surface area contributed by atoms with Crippen molar-refractivity contribution in [3.63, 3.8) is 0 Å². The van der Waals surface area contributed by atoms with Gasteiger partial charge in [0, 0.05) is 0 Å². The highest BCUT2D eigenvalue weighted by Crippen LogP contribution is 2.36. The third kappa shape index (κ3) is 2.37. The van der Waals surface area contributed by atoms with Crippen LogP contribution in [0.4, 0.5) is 26.3 Å². The summed E-state index contributed by atoms with van der Waals surface area (Å²) in [5, 5.41) is 0. The number of aromatic nitrogens is 1. The van der Waals surface area contributed by atoms with Gasteiger partial charge in [-0.25, -0.2) is 13.8 Å². The average molecular weight is 245 g/mol. The molecule has 0 spiro atoms. The molecule has 8 heteroatoms. The Hall–Kier alpha value is -1.47. The molecule has 0 atom stereocenters. The number of alkyl halides is 5. The van der Waals surface area contributed by atoms with Crippen LogP contribution in [0.2, 0.25) is 0 Å². The van der Waals surface area contributed by atoms with Gasteiger partial charge < -0.3 is 4.74 Å². The van der Waals surface area contributed by atoms with Gasteiger partial charge in [-0.2, -0.15) is 17.6 Å². The minimum absolute atomic E-state index is 0.0621. The van der Waals surface area contributed by atoms with Gasteiger partial charge in [-0.3, -0.25) is 0 Å². The minimum Gasteiger partial charge on any atom is -0.492 e. The molecule has 0 amide bonds. The Morgan fingerprint density at radius 2 is 1.88 bits per heavy atom. The maximum absolute atomic E-state index is 12.9. The standard InChI is InChI=1S/C8H5F6NO/c1-16-5-3(6(9)10)2-4(8(12,13)14)15-7(5)11/h2,6H,1H3. The lowest BCUT2D eigenvalue weighted by molar-refractivity contribution is -0.141. The predicted molar refractivity (Wildman–Crippen MR) is 40.7 cm³/mol. The molecule has 90 valence electrons. The van der Waals surface area contributed by atoms with Crippen LogP contribution in [0, 0.1) is 5.95 Å². The second-order valence-corrected chi connectivity index (χ2v) is 2.72. The molecule has 1 rings (SSSR count). The number of methoxy groups -OCH3 is 1. The fraction of sp³-hybridized carbons (Fsp3) is 0.375. The topological polar surface area (TPSA) is 22.1 Å². The van der Waals surface area contributed by atoms with Crippen LogP contribution < -0.4 is 4.74 Å². The Balaban J connectivity index is 3.40. The van der Waals surface area contributed by atoms with Crippen LogP contribution in [0.25, 0.3) is 0 Å².